The summed E-state index contributed by atoms with van der Waals surface area (Å²) in [7, 11) is 0. The van der Waals surface area contributed by atoms with Gasteiger partial charge in [-0.1, -0.05) is 36.4 Å². The number of rotatable bonds is 4. The summed E-state index contributed by atoms with van der Waals surface area (Å²) < 4.78 is 5.34. The topological polar surface area (TPSA) is 55.4 Å². The molecule has 0 aliphatic heterocycles. The van der Waals surface area contributed by atoms with Gasteiger partial charge in [0, 0.05) is 6.04 Å². The Morgan fingerprint density at radius 2 is 1.56 bits per heavy atom. The molecule has 6 rings (SSSR count). The van der Waals surface area contributed by atoms with Crippen molar-refractivity contribution < 1.29 is 14.3 Å². The van der Waals surface area contributed by atoms with Crippen molar-refractivity contribution in [2.45, 2.75) is 38.1 Å². The number of hydrogen-bond donors (Lipinski definition) is 1. The molecule has 4 aliphatic carbocycles. The molecule has 0 spiro atoms. The Bertz CT molecular complexity index is 857. The zero-order valence-corrected chi connectivity index (χ0v) is 15.4. The van der Waals surface area contributed by atoms with E-state index in [1.807, 2.05) is 36.4 Å². The highest BCUT2D eigenvalue weighted by molar-refractivity contribution is 6.04. The monoisotopic (exact) mass is 363 g/mol. The maximum Gasteiger partial charge on any atom is 0.339 e. The molecule has 27 heavy (non-hydrogen) atoms. The van der Waals surface area contributed by atoms with Gasteiger partial charge >= 0.3 is 5.97 Å². The standard InChI is InChI=1S/C23H25NO3/c25-21(24-22-17-9-14-8-15(11-17)12-18(22)10-14)13-27-23(26)20-7-3-5-16-4-1-2-6-19(16)20/h1-7,14-15,17-18,22H,8-13H2,(H,24,25). The third-order valence-corrected chi connectivity index (χ3v) is 6.90. The first-order valence-electron chi connectivity index (χ1n) is 10.1. The molecule has 4 aliphatic rings. The zero-order chi connectivity index (χ0) is 18.4. The van der Waals surface area contributed by atoms with Crippen molar-refractivity contribution in [2.75, 3.05) is 6.61 Å². The lowest BCUT2D eigenvalue weighted by Crippen LogP contribution is -2.56. The van der Waals surface area contributed by atoms with E-state index in [4.69, 9.17) is 4.74 Å². The van der Waals surface area contributed by atoms with Gasteiger partial charge in [-0.2, -0.15) is 0 Å². The smallest absolute Gasteiger partial charge is 0.339 e. The summed E-state index contributed by atoms with van der Waals surface area (Å²) in [6.45, 7) is -0.204. The van der Waals surface area contributed by atoms with Crippen LogP contribution < -0.4 is 5.32 Å². The van der Waals surface area contributed by atoms with Gasteiger partial charge in [0.15, 0.2) is 6.61 Å². The molecule has 0 heterocycles. The van der Waals surface area contributed by atoms with E-state index < -0.39 is 5.97 Å². The molecular formula is C23H25NO3. The Kier molecular flexibility index (Phi) is 4.14. The highest BCUT2D eigenvalue weighted by atomic mass is 16.5. The first-order chi connectivity index (χ1) is 13.2. The van der Waals surface area contributed by atoms with Crippen LogP contribution in [0.15, 0.2) is 42.5 Å². The number of carbonyl (C=O) groups is 2. The van der Waals surface area contributed by atoms with Gasteiger partial charge in [0.1, 0.15) is 0 Å². The lowest BCUT2D eigenvalue weighted by Gasteiger charge is -2.54. The van der Waals surface area contributed by atoms with E-state index in [1.165, 1.54) is 32.1 Å². The number of nitrogens with one attached hydrogen (secondary N) is 1. The molecular weight excluding hydrogens is 338 g/mol. The maximum absolute atomic E-state index is 12.5. The van der Waals surface area contributed by atoms with E-state index in [2.05, 4.69) is 5.32 Å². The van der Waals surface area contributed by atoms with Gasteiger partial charge in [-0.15, -0.1) is 0 Å². The Hall–Kier alpha value is -2.36. The quantitative estimate of drug-likeness (QED) is 0.837. The van der Waals surface area contributed by atoms with Crippen molar-refractivity contribution in [3.8, 4) is 0 Å². The number of carbonyl (C=O) groups excluding carboxylic acids is 2. The van der Waals surface area contributed by atoms with Crippen molar-refractivity contribution in [2.24, 2.45) is 23.7 Å². The second kappa shape index (κ2) is 6.66. The van der Waals surface area contributed by atoms with Gasteiger partial charge in [0.2, 0.25) is 0 Å². The summed E-state index contributed by atoms with van der Waals surface area (Å²) in [6.07, 6.45) is 6.43. The van der Waals surface area contributed by atoms with Crippen molar-refractivity contribution >= 4 is 22.6 Å². The molecule has 1 amide bonds. The normalized spacial score (nSPS) is 31.0. The molecule has 4 fully saturated rings. The second-order valence-electron chi connectivity index (χ2n) is 8.63. The van der Waals surface area contributed by atoms with Gasteiger partial charge in [0.25, 0.3) is 5.91 Å². The van der Waals surface area contributed by atoms with Gasteiger partial charge in [0.05, 0.1) is 5.56 Å². The number of ether oxygens (including phenoxy) is 1. The molecule has 2 aromatic rings. The number of fused-ring (bicyclic) bond motifs is 1. The third-order valence-electron chi connectivity index (χ3n) is 6.90. The molecule has 1 N–H and O–H groups in total. The first-order valence-corrected chi connectivity index (χ1v) is 10.1. The minimum atomic E-state index is -0.438. The van der Waals surface area contributed by atoms with Gasteiger partial charge in [-0.25, -0.2) is 4.79 Å². The fraction of sp³-hybridized carbons (Fsp3) is 0.478. The molecule has 140 valence electrons. The van der Waals surface area contributed by atoms with Crippen molar-refractivity contribution in [3.63, 3.8) is 0 Å². The van der Waals surface area contributed by atoms with Crippen LogP contribution in [-0.2, 0) is 9.53 Å². The molecule has 4 heteroatoms. The van der Waals surface area contributed by atoms with Crippen molar-refractivity contribution in [3.05, 3.63) is 48.0 Å². The summed E-state index contributed by atoms with van der Waals surface area (Å²) in [5.74, 6) is 2.40. The molecule has 0 atom stereocenters. The van der Waals surface area contributed by atoms with Crippen LogP contribution in [-0.4, -0.2) is 24.5 Å². The van der Waals surface area contributed by atoms with Crippen LogP contribution in [0.2, 0.25) is 0 Å². The van der Waals surface area contributed by atoms with E-state index in [-0.39, 0.29) is 18.6 Å². The van der Waals surface area contributed by atoms with E-state index in [9.17, 15) is 9.59 Å². The molecule has 4 bridgehead atoms. The van der Waals surface area contributed by atoms with Crippen LogP contribution in [0.25, 0.3) is 10.8 Å². The van der Waals surface area contributed by atoms with Gasteiger partial charge in [-0.3, -0.25) is 4.79 Å². The van der Waals surface area contributed by atoms with E-state index in [0.29, 0.717) is 17.4 Å². The molecule has 2 aromatic carbocycles. The van der Waals surface area contributed by atoms with Gasteiger partial charge in [-0.05, 0) is 72.6 Å². The SMILES string of the molecule is O=C(COC(=O)c1cccc2ccccc12)NC1C2CC3CC(C2)CC1C3. The highest BCUT2D eigenvalue weighted by Gasteiger charge is 2.48. The summed E-state index contributed by atoms with van der Waals surface area (Å²) in [5, 5.41) is 5.03. The lowest BCUT2D eigenvalue weighted by atomic mass is 9.54. The summed E-state index contributed by atoms with van der Waals surface area (Å²) in [6, 6.07) is 13.5. The van der Waals surface area contributed by atoms with E-state index >= 15 is 0 Å². The van der Waals surface area contributed by atoms with Crippen LogP contribution in [0.4, 0.5) is 0 Å². The van der Waals surface area contributed by atoms with Crippen LogP contribution >= 0.6 is 0 Å². The van der Waals surface area contributed by atoms with Gasteiger partial charge < -0.3 is 10.1 Å². The molecule has 0 saturated heterocycles. The first kappa shape index (κ1) is 16.8. The lowest BCUT2D eigenvalue weighted by molar-refractivity contribution is -0.128. The molecule has 4 saturated carbocycles. The Balaban J connectivity index is 1.21. The fourth-order valence-electron chi connectivity index (χ4n) is 6.00. The van der Waals surface area contributed by atoms with E-state index in [0.717, 1.165) is 22.6 Å². The Labute approximate surface area is 159 Å². The average molecular weight is 363 g/mol. The summed E-state index contributed by atoms with van der Waals surface area (Å²) in [4.78, 5) is 24.9. The predicted octanol–water partition coefficient (Wildman–Crippen LogP) is 3.94. The van der Waals surface area contributed by atoms with Crippen LogP contribution in [0, 0.1) is 23.7 Å². The summed E-state index contributed by atoms with van der Waals surface area (Å²) in [5.41, 5.74) is 0.510. The molecule has 0 unspecified atom stereocenters. The number of benzene rings is 2. The number of esters is 1. The largest absolute Gasteiger partial charge is 0.452 e. The fourth-order valence-corrected chi connectivity index (χ4v) is 6.00. The molecule has 4 nitrogen and oxygen atoms in total. The Morgan fingerprint density at radius 3 is 2.30 bits per heavy atom. The van der Waals surface area contributed by atoms with Crippen molar-refractivity contribution in [1.29, 1.82) is 0 Å². The minimum Gasteiger partial charge on any atom is -0.452 e. The highest BCUT2D eigenvalue weighted by Crippen LogP contribution is 2.53. The van der Waals surface area contributed by atoms with E-state index in [1.54, 1.807) is 6.07 Å². The molecule has 0 radical (unpaired) electrons. The van der Waals surface area contributed by atoms with Crippen LogP contribution in [0.3, 0.4) is 0 Å². The second-order valence-corrected chi connectivity index (χ2v) is 8.63. The average Bonchev–Trinajstić information content (AvgIpc) is 2.68. The summed E-state index contributed by atoms with van der Waals surface area (Å²) >= 11 is 0. The third kappa shape index (κ3) is 3.11. The molecule has 0 aromatic heterocycles. The predicted molar refractivity (Wildman–Crippen MR) is 103 cm³/mol. The zero-order valence-electron chi connectivity index (χ0n) is 15.4. The van der Waals surface area contributed by atoms with Crippen LogP contribution in [0.1, 0.15) is 42.5 Å². The maximum atomic E-state index is 12.5. The van der Waals surface area contributed by atoms with Crippen molar-refractivity contribution in [1.82, 2.24) is 5.32 Å². The minimum absolute atomic E-state index is 0.166. The Morgan fingerprint density at radius 1 is 0.889 bits per heavy atom. The number of amides is 1. The number of hydrogen-bond acceptors (Lipinski definition) is 3. The van der Waals surface area contributed by atoms with Crippen LogP contribution in [0.5, 0.6) is 0 Å².